The van der Waals surface area contributed by atoms with Gasteiger partial charge in [0.05, 0.1) is 0 Å². The molecule has 0 aliphatic carbocycles. The van der Waals surface area contributed by atoms with Crippen molar-refractivity contribution in [2.45, 2.75) is 26.3 Å². The molecule has 1 N–H and O–H groups in total. The number of hydrogen-bond acceptors (Lipinski definition) is 1. The Bertz CT molecular complexity index is 581. The van der Waals surface area contributed by atoms with Crippen LogP contribution < -0.4 is 5.32 Å². The fourth-order valence-electron chi connectivity index (χ4n) is 2.38. The van der Waals surface area contributed by atoms with E-state index >= 15 is 0 Å². The zero-order chi connectivity index (χ0) is 14.5. The van der Waals surface area contributed by atoms with Crippen LogP contribution in [0.25, 0.3) is 0 Å². The summed E-state index contributed by atoms with van der Waals surface area (Å²) in [5, 5.41) is 4.90. The van der Waals surface area contributed by atoms with E-state index in [0.29, 0.717) is 5.02 Å². The van der Waals surface area contributed by atoms with Gasteiger partial charge in [-0.15, -0.1) is 0 Å². The van der Waals surface area contributed by atoms with Crippen LogP contribution in [0.4, 0.5) is 0 Å². The molecule has 0 radical (unpaired) electrons. The van der Waals surface area contributed by atoms with Gasteiger partial charge in [-0.3, -0.25) is 0 Å². The van der Waals surface area contributed by atoms with Crippen LogP contribution >= 0.6 is 23.2 Å². The van der Waals surface area contributed by atoms with Crippen LogP contribution in [0.5, 0.6) is 0 Å². The topological polar surface area (TPSA) is 12.0 Å². The molecule has 2 rings (SSSR count). The first kappa shape index (κ1) is 15.4. The molecule has 1 atom stereocenters. The van der Waals surface area contributed by atoms with Gasteiger partial charge in [-0.25, -0.2) is 0 Å². The van der Waals surface area contributed by atoms with E-state index in [9.17, 15) is 0 Å². The van der Waals surface area contributed by atoms with Crippen molar-refractivity contribution in [3.8, 4) is 0 Å². The highest BCUT2D eigenvalue weighted by Crippen LogP contribution is 2.29. The fourth-order valence-corrected chi connectivity index (χ4v) is 2.92. The average molecular weight is 308 g/mol. The Hall–Kier alpha value is -1.02. The lowest BCUT2D eigenvalue weighted by molar-refractivity contribution is 0.549. The van der Waals surface area contributed by atoms with E-state index in [0.717, 1.165) is 23.6 Å². The highest BCUT2D eigenvalue weighted by Gasteiger charge is 2.15. The molecule has 0 heterocycles. The summed E-state index contributed by atoms with van der Waals surface area (Å²) in [7, 11) is 0. The maximum Gasteiger partial charge on any atom is 0.0468 e. The van der Waals surface area contributed by atoms with Crippen molar-refractivity contribution in [2.75, 3.05) is 6.54 Å². The van der Waals surface area contributed by atoms with Crippen molar-refractivity contribution < 1.29 is 0 Å². The molecule has 0 aliphatic rings. The lowest BCUT2D eigenvalue weighted by Gasteiger charge is -2.21. The summed E-state index contributed by atoms with van der Waals surface area (Å²) < 4.78 is 0. The standard InChI is InChI=1S/C17H19Cl2N/c1-3-20-17(10-13-7-5-4-6-12(13)2)15-9-8-14(18)11-16(15)19/h4-9,11,17,20H,3,10H2,1-2H3. The lowest BCUT2D eigenvalue weighted by Crippen LogP contribution is -2.23. The maximum atomic E-state index is 6.34. The summed E-state index contributed by atoms with van der Waals surface area (Å²) in [5.74, 6) is 0. The van der Waals surface area contributed by atoms with Crippen LogP contribution in [0, 0.1) is 6.92 Å². The molecule has 0 saturated carbocycles. The van der Waals surface area contributed by atoms with Gasteiger partial charge in [0, 0.05) is 16.1 Å². The second-order valence-electron chi connectivity index (χ2n) is 4.91. The molecule has 0 bridgehead atoms. The predicted octanol–water partition coefficient (Wildman–Crippen LogP) is 5.20. The quantitative estimate of drug-likeness (QED) is 0.801. The SMILES string of the molecule is CCNC(Cc1ccccc1C)c1ccc(Cl)cc1Cl. The Balaban J connectivity index is 2.29. The smallest absolute Gasteiger partial charge is 0.0468 e. The van der Waals surface area contributed by atoms with Crippen molar-refractivity contribution in [3.63, 3.8) is 0 Å². The molecule has 2 aromatic carbocycles. The monoisotopic (exact) mass is 307 g/mol. The first-order chi connectivity index (χ1) is 9.61. The number of aryl methyl sites for hydroxylation is 1. The molecular formula is C17H19Cl2N. The minimum Gasteiger partial charge on any atom is -0.310 e. The number of rotatable bonds is 5. The average Bonchev–Trinajstić information content (AvgIpc) is 2.41. The van der Waals surface area contributed by atoms with Gasteiger partial charge in [0.2, 0.25) is 0 Å². The van der Waals surface area contributed by atoms with E-state index in [2.05, 4.69) is 43.4 Å². The summed E-state index contributed by atoms with van der Waals surface area (Å²) >= 11 is 12.3. The molecule has 0 saturated heterocycles. The lowest BCUT2D eigenvalue weighted by atomic mass is 9.96. The third kappa shape index (κ3) is 3.76. The highest BCUT2D eigenvalue weighted by atomic mass is 35.5. The molecule has 3 heteroatoms. The molecule has 0 aliphatic heterocycles. The molecular weight excluding hydrogens is 289 g/mol. The van der Waals surface area contributed by atoms with E-state index in [1.165, 1.54) is 11.1 Å². The minimum absolute atomic E-state index is 0.200. The largest absolute Gasteiger partial charge is 0.310 e. The summed E-state index contributed by atoms with van der Waals surface area (Å²) in [6.07, 6.45) is 0.919. The normalized spacial score (nSPS) is 12.4. The number of likely N-dealkylation sites (N-methyl/N-ethyl adjacent to an activating group) is 1. The Morgan fingerprint density at radius 2 is 1.85 bits per heavy atom. The molecule has 20 heavy (non-hydrogen) atoms. The molecule has 0 aromatic heterocycles. The molecule has 2 aromatic rings. The Kier molecular flexibility index (Phi) is 5.47. The second kappa shape index (κ2) is 7.12. The molecule has 0 fully saturated rings. The number of halogens is 2. The number of benzene rings is 2. The molecule has 1 unspecified atom stereocenters. The van der Waals surface area contributed by atoms with Crippen LogP contribution in [0.1, 0.15) is 29.7 Å². The van der Waals surface area contributed by atoms with Crippen LogP contribution in [0.2, 0.25) is 10.0 Å². The zero-order valence-electron chi connectivity index (χ0n) is 11.8. The molecule has 0 spiro atoms. The van der Waals surface area contributed by atoms with Gasteiger partial charge >= 0.3 is 0 Å². The van der Waals surface area contributed by atoms with Crippen LogP contribution in [-0.4, -0.2) is 6.54 Å². The van der Waals surface area contributed by atoms with Crippen LogP contribution in [0.3, 0.4) is 0 Å². The van der Waals surface area contributed by atoms with Gasteiger partial charge in [0.25, 0.3) is 0 Å². The van der Waals surface area contributed by atoms with E-state index in [-0.39, 0.29) is 6.04 Å². The molecule has 1 nitrogen and oxygen atoms in total. The summed E-state index contributed by atoms with van der Waals surface area (Å²) in [5.41, 5.74) is 3.74. The summed E-state index contributed by atoms with van der Waals surface area (Å²) in [6, 6.07) is 14.4. The van der Waals surface area contributed by atoms with Gasteiger partial charge in [0.15, 0.2) is 0 Å². The van der Waals surface area contributed by atoms with E-state index in [4.69, 9.17) is 23.2 Å². The minimum atomic E-state index is 0.200. The van der Waals surface area contributed by atoms with Crippen LogP contribution in [-0.2, 0) is 6.42 Å². The number of hydrogen-bond donors (Lipinski definition) is 1. The molecule has 0 amide bonds. The van der Waals surface area contributed by atoms with Crippen molar-refractivity contribution in [3.05, 3.63) is 69.2 Å². The maximum absolute atomic E-state index is 6.34. The van der Waals surface area contributed by atoms with E-state index in [1.807, 2.05) is 12.1 Å². The first-order valence-electron chi connectivity index (χ1n) is 6.84. The van der Waals surface area contributed by atoms with Gasteiger partial charge in [0.1, 0.15) is 0 Å². The van der Waals surface area contributed by atoms with Gasteiger partial charge < -0.3 is 5.32 Å². The van der Waals surface area contributed by atoms with E-state index in [1.54, 1.807) is 6.07 Å². The summed E-state index contributed by atoms with van der Waals surface area (Å²) in [4.78, 5) is 0. The van der Waals surface area contributed by atoms with Crippen molar-refractivity contribution in [2.24, 2.45) is 0 Å². The Morgan fingerprint density at radius 3 is 2.50 bits per heavy atom. The van der Waals surface area contributed by atoms with E-state index < -0.39 is 0 Å². The first-order valence-corrected chi connectivity index (χ1v) is 7.60. The summed E-state index contributed by atoms with van der Waals surface area (Å²) in [6.45, 7) is 5.14. The van der Waals surface area contributed by atoms with Gasteiger partial charge in [-0.05, 0) is 48.7 Å². The van der Waals surface area contributed by atoms with Crippen molar-refractivity contribution in [1.29, 1.82) is 0 Å². The van der Waals surface area contributed by atoms with Gasteiger partial charge in [-0.2, -0.15) is 0 Å². The van der Waals surface area contributed by atoms with Crippen LogP contribution in [0.15, 0.2) is 42.5 Å². The molecule has 106 valence electrons. The number of nitrogens with one attached hydrogen (secondary N) is 1. The Labute approximate surface area is 130 Å². The highest BCUT2D eigenvalue weighted by molar-refractivity contribution is 6.35. The Morgan fingerprint density at radius 1 is 1.10 bits per heavy atom. The van der Waals surface area contributed by atoms with Crippen molar-refractivity contribution >= 4 is 23.2 Å². The zero-order valence-corrected chi connectivity index (χ0v) is 13.3. The van der Waals surface area contributed by atoms with Gasteiger partial charge in [-0.1, -0.05) is 60.5 Å². The van der Waals surface area contributed by atoms with Crippen molar-refractivity contribution in [1.82, 2.24) is 5.32 Å². The predicted molar refractivity (Wildman–Crippen MR) is 87.8 cm³/mol. The third-order valence-corrected chi connectivity index (χ3v) is 4.04. The second-order valence-corrected chi connectivity index (χ2v) is 5.75. The third-order valence-electron chi connectivity index (χ3n) is 3.47. The fraction of sp³-hybridized carbons (Fsp3) is 0.294.